The average Bonchev–Trinajstić information content (AvgIpc) is 2.35. The van der Waals surface area contributed by atoms with Crippen molar-refractivity contribution in [3.63, 3.8) is 0 Å². The molecule has 0 aliphatic heterocycles. The van der Waals surface area contributed by atoms with Crippen LogP contribution in [0.5, 0.6) is 0 Å². The first-order valence-electron chi connectivity index (χ1n) is 7.25. The first kappa shape index (κ1) is 17.3. The van der Waals surface area contributed by atoms with E-state index in [0.29, 0.717) is 25.7 Å². The fourth-order valence-corrected chi connectivity index (χ4v) is 2.34. The number of amides is 3. The molecule has 0 unspecified atom stereocenters. The van der Waals surface area contributed by atoms with E-state index in [2.05, 4.69) is 16.0 Å². The van der Waals surface area contributed by atoms with Gasteiger partial charge in [0.2, 0.25) is 5.91 Å². The van der Waals surface area contributed by atoms with Crippen molar-refractivity contribution in [1.82, 2.24) is 16.0 Å². The highest BCUT2D eigenvalue weighted by molar-refractivity contribution is 5.84. The maximum absolute atomic E-state index is 11.7. The fraction of sp³-hybridized carbons (Fsp3) is 0.786. The molecule has 1 aliphatic rings. The summed E-state index contributed by atoms with van der Waals surface area (Å²) in [4.78, 5) is 34.1. The molecule has 0 saturated heterocycles. The normalized spacial score (nSPS) is 22.2. The zero-order chi connectivity index (χ0) is 16.0. The zero-order valence-corrected chi connectivity index (χ0v) is 12.9. The van der Waals surface area contributed by atoms with Crippen LogP contribution in [0, 0.1) is 5.92 Å². The molecule has 3 amide bonds. The highest BCUT2D eigenvalue weighted by atomic mass is 16.4. The van der Waals surface area contributed by atoms with E-state index in [4.69, 9.17) is 5.11 Å². The lowest BCUT2D eigenvalue weighted by atomic mass is 9.86. The van der Waals surface area contributed by atoms with Gasteiger partial charge in [0.15, 0.2) is 0 Å². The van der Waals surface area contributed by atoms with Gasteiger partial charge in [0.1, 0.15) is 0 Å². The van der Waals surface area contributed by atoms with E-state index in [-0.39, 0.29) is 30.0 Å². The van der Waals surface area contributed by atoms with Crippen LogP contribution >= 0.6 is 0 Å². The van der Waals surface area contributed by atoms with Gasteiger partial charge >= 0.3 is 12.0 Å². The fourth-order valence-electron chi connectivity index (χ4n) is 2.34. The van der Waals surface area contributed by atoms with Gasteiger partial charge in [0, 0.05) is 11.6 Å². The van der Waals surface area contributed by atoms with E-state index < -0.39 is 12.0 Å². The summed E-state index contributed by atoms with van der Waals surface area (Å²) < 4.78 is 0. The van der Waals surface area contributed by atoms with E-state index >= 15 is 0 Å². The number of carboxylic acid groups (broad SMARTS) is 1. The summed E-state index contributed by atoms with van der Waals surface area (Å²) in [5.74, 6) is -1.31. The standard InChI is InChI=1S/C14H25N3O4/c1-14(2,3)17-11(18)8-15-13(21)16-10-6-4-9(5-7-10)12(19)20/h9-10H,4-8H2,1-3H3,(H,17,18)(H,19,20)(H2,15,16,21). The molecule has 0 aromatic heterocycles. The number of hydrogen-bond donors (Lipinski definition) is 4. The Morgan fingerprint density at radius 3 is 2.14 bits per heavy atom. The molecule has 0 aromatic carbocycles. The monoisotopic (exact) mass is 299 g/mol. The molecule has 0 spiro atoms. The van der Waals surface area contributed by atoms with Gasteiger partial charge < -0.3 is 21.1 Å². The van der Waals surface area contributed by atoms with Crippen molar-refractivity contribution in [2.24, 2.45) is 5.92 Å². The van der Waals surface area contributed by atoms with E-state index in [0.717, 1.165) is 0 Å². The number of carbonyl (C=O) groups is 3. The Morgan fingerprint density at radius 1 is 1.10 bits per heavy atom. The van der Waals surface area contributed by atoms with Crippen LogP contribution in [0.25, 0.3) is 0 Å². The van der Waals surface area contributed by atoms with Crippen LogP contribution in [0.1, 0.15) is 46.5 Å². The van der Waals surface area contributed by atoms with E-state index in [1.807, 2.05) is 20.8 Å². The summed E-state index contributed by atoms with van der Waals surface area (Å²) in [6.07, 6.45) is 2.45. The van der Waals surface area contributed by atoms with Crippen molar-refractivity contribution in [3.05, 3.63) is 0 Å². The summed E-state index contributed by atoms with van der Waals surface area (Å²) in [6.45, 7) is 5.52. The predicted octanol–water partition coefficient (Wildman–Crippen LogP) is 0.844. The van der Waals surface area contributed by atoms with Crippen molar-refractivity contribution in [2.75, 3.05) is 6.54 Å². The van der Waals surface area contributed by atoms with Crippen LogP contribution in [0.15, 0.2) is 0 Å². The molecule has 1 fully saturated rings. The number of rotatable bonds is 4. The smallest absolute Gasteiger partial charge is 0.315 e. The maximum atomic E-state index is 11.7. The van der Waals surface area contributed by atoms with Crippen molar-refractivity contribution >= 4 is 17.9 Å². The minimum absolute atomic E-state index is 0.0220. The van der Waals surface area contributed by atoms with E-state index in [9.17, 15) is 14.4 Å². The van der Waals surface area contributed by atoms with Crippen LogP contribution in [-0.2, 0) is 9.59 Å². The molecule has 0 aromatic rings. The number of nitrogens with one attached hydrogen (secondary N) is 3. The summed E-state index contributed by atoms with van der Waals surface area (Å²) in [7, 11) is 0. The Hall–Kier alpha value is -1.79. The summed E-state index contributed by atoms with van der Waals surface area (Å²) >= 11 is 0. The number of carbonyl (C=O) groups excluding carboxylic acids is 2. The lowest BCUT2D eigenvalue weighted by Gasteiger charge is -2.27. The van der Waals surface area contributed by atoms with Crippen LogP contribution in [0.2, 0.25) is 0 Å². The molecule has 0 radical (unpaired) electrons. The summed E-state index contributed by atoms with van der Waals surface area (Å²) in [6, 6.07) is -0.413. The Bertz CT molecular complexity index is 396. The molecule has 120 valence electrons. The van der Waals surface area contributed by atoms with Crippen LogP contribution in [0.3, 0.4) is 0 Å². The van der Waals surface area contributed by atoms with Gasteiger partial charge in [0.05, 0.1) is 12.5 Å². The third-order valence-corrected chi connectivity index (χ3v) is 3.34. The van der Waals surface area contributed by atoms with Gasteiger partial charge in [-0.1, -0.05) is 0 Å². The van der Waals surface area contributed by atoms with Gasteiger partial charge in [0.25, 0.3) is 0 Å². The molecule has 21 heavy (non-hydrogen) atoms. The van der Waals surface area contributed by atoms with E-state index in [1.165, 1.54) is 0 Å². The molecular formula is C14H25N3O4. The Morgan fingerprint density at radius 2 is 1.67 bits per heavy atom. The average molecular weight is 299 g/mol. The lowest BCUT2D eigenvalue weighted by Crippen LogP contribution is -2.49. The second-order valence-electron chi connectivity index (χ2n) is 6.51. The minimum atomic E-state index is -0.767. The zero-order valence-electron chi connectivity index (χ0n) is 12.9. The molecule has 0 heterocycles. The highest BCUT2D eigenvalue weighted by Gasteiger charge is 2.26. The van der Waals surface area contributed by atoms with Crippen LogP contribution in [-0.4, -0.2) is 41.1 Å². The third-order valence-electron chi connectivity index (χ3n) is 3.34. The van der Waals surface area contributed by atoms with Crippen LogP contribution < -0.4 is 16.0 Å². The van der Waals surface area contributed by atoms with Gasteiger partial charge in [-0.15, -0.1) is 0 Å². The molecule has 0 atom stereocenters. The predicted molar refractivity (Wildman–Crippen MR) is 77.8 cm³/mol. The summed E-state index contributed by atoms with van der Waals surface area (Å²) in [5, 5.41) is 16.9. The van der Waals surface area contributed by atoms with Gasteiger partial charge in [-0.05, 0) is 46.5 Å². The number of carboxylic acids is 1. The second kappa shape index (κ2) is 7.28. The van der Waals surface area contributed by atoms with Gasteiger partial charge in [-0.25, -0.2) is 4.79 Å². The Kier molecular flexibility index (Phi) is 5.99. The highest BCUT2D eigenvalue weighted by Crippen LogP contribution is 2.24. The van der Waals surface area contributed by atoms with Gasteiger partial charge in [-0.2, -0.15) is 0 Å². The second-order valence-corrected chi connectivity index (χ2v) is 6.51. The molecule has 4 N–H and O–H groups in total. The van der Waals surface area contributed by atoms with Crippen molar-refractivity contribution in [2.45, 2.75) is 58.0 Å². The first-order chi connectivity index (χ1) is 9.67. The van der Waals surface area contributed by atoms with Gasteiger partial charge in [-0.3, -0.25) is 9.59 Å². The first-order valence-corrected chi connectivity index (χ1v) is 7.25. The molecule has 1 rings (SSSR count). The molecule has 0 bridgehead atoms. The van der Waals surface area contributed by atoms with Crippen LogP contribution in [0.4, 0.5) is 4.79 Å². The Labute approximate surface area is 124 Å². The largest absolute Gasteiger partial charge is 0.481 e. The topological polar surface area (TPSA) is 108 Å². The number of urea groups is 1. The van der Waals surface area contributed by atoms with Crippen molar-refractivity contribution in [3.8, 4) is 0 Å². The molecular weight excluding hydrogens is 274 g/mol. The summed E-state index contributed by atoms with van der Waals surface area (Å²) in [5.41, 5.74) is -0.329. The number of aliphatic carboxylic acids is 1. The molecule has 1 aliphatic carbocycles. The SMILES string of the molecule is CC(C)(C)NC(=O)CNC(=O)NC1CCC(C(=O)O)CC1. The lowest BCUT2D eigenvalue weighted by molar-refractivity contribution is -0.142. The third kappa shape index (κ3) is 6.97. The molecule has 7 heteroatoms. The minimum Gasteiger partial charge on any atom is -0.481 e. The van der Waals surface area contributed by atoms with Crippen molar-refractivity contribution < 1.29 is 19.5 Å². The molecule has 1 saturated carbocycles. The quantitative estimate of drug-likeness (QED) is 0.617. The molecule has 7 nitrogen and oxygen atoms in total. The maximum Gasteiger partial charge on any atom is 0.315 e. The number of hydrogen-bond acceptors (Lipinski definition) is 3. The Balaban J connectivity index is 2.23. The van der Waals surface area contributed by atoms with Crippen molar-refractivity contribution in [1.29, 1.82) is 0 Å². The van der Waals surface area contributed by atoms with E-state index in [1.54, 1.807) is 0 Å².